The summed E-state index contributed by atoms with van der Waals surface area (Å²) in [5, 5.41) is 3.25. The van der Waals surface area contributed by atoms with Gasteiger partial charge in [0.1, 0.15) is 11.5 Å². The van der Waals surface area contributed by atoms with E-state index in [-0.39, 0.29) is 12.1 Å². The number of nitrogens with one attached hydrogen (secondary N) is 1. The molecule has 0 amide bonds. The number of aryl methyl sites for hydroxylation is 1. The number of fused-ring (bicyclic) bond motifs is 1. The maximum absolute atomic E-state index is 13.7. The summed E-state index contributed by atoms with van der Waals surface area (Å²) < 4.78 is 15.2. The maximum atomic E-state index is 13.7. The van der Waals surface area contributed by atoms with Gasteiger partial charge in [-0.25, -0.2) is 9.37 Å². The fourth-order valence-corrected chi connectivity index (χ4v) is 2.33. The van der Waals surface area contributed by atoms with Crippen LogP contribution in [0.15, 0.2) is 47.4 Å². The average molecular weight is 318 g/mol. The first kappa shape index (κ1) is 14.5. The molecule has 2 heterocycles. The number of benzene rings is 1. The van der Waals surface area contributed by atoms with Gasteiger partial charge < -0.3 is 5.32 Å². The van der Waals surface area contributed by atoms with Crippen LogP contribution < -0.4 is 10.9 Å². The van der Waals surface area contributed by atoms with Crippen LogP contribution in [0.1, 0.15) is 11.3 Å². The second kappa shape index (κ2) is 5.77. The summed E-state index contributed by atoms with van der Waals surface area (Å²) in [6, 6.07) is 9.48. The Morgan fingerprint density at radius 1 is 1.27 bits per heavy atom. The van der Waals surface area contributed by atoms with Crippen LogP contribution in [0, 0.1) is 12.7 Å². The Bertz CT molecular complexity index is 908. The molecule has 0 fully saturated rings. The van der Waals surface area contributed by atoms with Crippen LogP contribution in [-0.4, -0.2) is 9.38 Å². The molecule has 22 heavy (non-hydrogen) atoms. The van der Waals surface area contributed by atoms with Crippen molar-refractivity contribution in [2.24, 2.45) is 0 Å². The first-order valence-electron chi connectivity index (χ1n) is 6.71. The third-order valence-corrected chi connectivity index (χ3v) is 3.49. The number of aromatic nitrogens is 2. The Kier molecular flexibility index (Phi) is 3.81. The number of pyridine rings is 1. The highest BCUT2D eigenvalue weighted by atomic mass is 35.5. The van der Waals surface area contributed by atoms with Crippen LogP contribution >= 0.6 is 11.6 Å². The molecule has 1 aromatic carbocycles. The van der Waals surface area contributed by atoms with E-state index < -0.39 is 5.82 Å². The summed E-state index contributed by atoms with van der Waals surface area (Å²) in [5.74, 6) is -0.444. The highest BCUT2D eigenvalue weighted by Gasteiger charge is 2.05. The van der Waals surface area contributed by atoms with Crippen LogP contribution in [-0.2, 0) is 6.54 Å². The second-order valence-electron chi connectivity index (χ2n) is 5.00. The molecule has 0 atom stereocenters. The van der Waals surface area contributed by atoms with Crippen molar-refractivity contribution in [2.45, 2.75) is 13.5 Å². The first-order chi connectivity index (χ1) is 10.5. The van der Waals surface area contributed by atoms with Crippen molar-refractivity contribution in [3.8, 4) is 0 Å². The molecule has 3 aromatic rings. The van der Waals surface area contributed by atoms with Crippen molar-refractivity contribution in [1.82, 2.24) is 9.38 Å². The summed E-state index contributed by atoms with van der Waals surface area (Å²) in [4.78, 5) is 16.5. The molecule has 0 saturated heterocycles. The molecule has 0 spiro atoms. The standard InChI is InChI=1S/C16H13ClFN3O/c1-10-2-5-15-20-12(7-16(22)21(15)9-10)8-19-14-4-3-11(17)6-13(14)18/h2-7,9,19H,8H2,1H3. The SMILES string of the molecule is Cc1ccc2nc(CNc3ccc(Cl)cc3F)cc(=O)n2c1. The summed E-state index contributed by atoms with van der Waals surface area (Å²) >= 11 is 5.71. The Morgan fingerprint density at radius 2 is 2.09 bits per heavy atom. The molecular formula is C16H13ClFN3O. The highest BCUT2D eigenvalue weighted by Crippen LogP contribution is 2.19. The number of hydrogen-bond acceptors (Lipinski definition) is 3. The van der Waals surface area contributed by atoms with E-state index in [9.17, 15) is 9.18 Å². The van der Waals surface area contributed by atoms with Crippen molar-refractivity contribution in [2.75, 3.05) is 5.32 Å². The summed E-state index contributed by atoms with van der Waals surface area (Å²) in [6.07, 6.45) is 1.74. The number of hydrogen-bond donors (Lipinski definition) is 1. The average Bonchev–Trinajstić information content (AvgIpc) is 2.47. The normalized spacial score (nSPS) is 10.9. The Morgan fingerprint density at radius 3 is 2.86 bits per heavy atom. The van der Waals surface area contributed by atoms with E-state index in [0.29, 0.717) is 22.1 Å². The van der Waals surface area contributed by atoms with Gasteiger partial charge in [-0.2, -0.15) is 0 Å². The van der Waals surface area contributed by atoms with Gasteiger partial charge >= 0.3 is 0 Å². The van der Waals surface area contributed by atoms with Gasteiger partial charge in [-0.1, -0.05) is 17.7 Å². The number of rotatable bonds is 3. The van der Waals surface area contributed by atoms with Crippen molar-refractivity contribution in [1.29, 1.82) is 0 Å². The lowest BCUT2D eigenvalue weighted by Crippen LogP contribution is -2.17. The first-order valence-corrected chi connectivity index (χ1v) is 7.08. The van der Waals surface area contributed by atoms with E-state index >= 15 is 0 Å². The highest BCUT2D eigenvalue weighted by molar-refractivity contribution is 6.30. The molecule has 4 nitrogen and oxygen atoms in total. The molecule has 6 heteroatoms. The van der Waals surface area contributed by atoms with Gasteiger partial charge in [0.05, 0.1) is 17.9 Å². The predicted octanol–water partition coefficient (Wildman–Crippen LogP) is 3.41. The van der Waals surface area contributed by atoms with Gasteiger partial charge in [-0.05, 0) is 36.8 Å². The fraction of sp³-hybridized carbons (Fsp3) is 0.125. The quantitative estimate of drug-likeness (QED) is 0.805. The monoisotopic (exact) mass is 317 g/mol. The molecule has 0 aliphatic carbocycles. The van der Waals surface area contributed by atoms with E-state index in [0.717, 1.165) is 5.56 Å². The minimum absolute atomic E-state index is 0.165. The molecule has 0 aliphatic rings. The maximum Gasteiger partial charge on any atom is 0.258 e. The lowest BCUT2D eigenvalue weighted by Gasteiger charge is -2.08. The van der Waals surface area contributed by atoms with Crippen molar-refractivity contribution in [3.05, 3.63) is 75.0 Å². The molecular weight excluding hydrogens is 305 g/mol. The molecule has 1 N–H and O–H groups in total. The van der Waals surface area contributed by atoms with E-state index in [1.54, 1.807) is 24.4 Å². The van der Waals surface area contributed by atoms with Crippen LogP contribution in [0.5, 0.6) is 0 Å². The molecule has 2 aromatic heterocycles. The molecule has 3 rings (SSSR count). The number of anilines is 1. The zero-order chi connectivity index (χ0) is 15.7. The van der Waals surface area contributed by atoms with Crippen LogP contribution in [0.4, 0.5) is 10.1 Å². The lowest BCUT2D eigenvalue weighted by atomic mass is 10.3. The van der Waals surface area contributed by atoms with Gasteiger partial charge in [0, 0.05) is 17.3 Å². The smallest absolute Gasteiger partial charge is 0.258 e. The zero-order valence-corrected chi connectivity index (χ0v) is 12.6. The fourth-order valence-electron chi connectivity index (χ4n) is 2.17. The summed E-state index contributed by atoms with van der Waals surface area (Å²) in [6.45, 7) is 2.16. The lowest BCUT2D eigenvalue weighted by molar-refractivity contribution is 0.630. The van der Waals surface area contributed by atoms with E-state index in [1.807, 2.05) is 13.0 Å². The van der Waals surface area contributed by atoms with E-state index in [1.165, 1.54) is 16.5 Å². The minimum atomic E-state index is -0.444. The summed E-state index contributed by atoms with van der Waals surface area (Å²) in [5.41, 5.74) is 2.23. The van der Waals surface area contributed by atoms with Gasteiger partial charge in [0.25, 0.3) is 5.56 Å². The molecule has 112 valence electrons. The van der Waals surface area contributed by atoms with Gasteiger partial charge in [-0.3, -0.25) is 9.20 Å². The van der Waals surface area contributed by atoms with Gasteiger partial charge in [-0.15, -0.1) is 0 Å². The molecule has 0 saturated carbocycles. The topological polar surface area (TPSA) is 46.4 Å². The molecule has 0 aliphatic heterocycles. The second-order valence-corrected chi connectivity index (χ2v) is 5.43. The van der Waals surface area contributed by atoms with Crippen LogP contribution in [0.25, 0.3) is 5.65 Å². The molecule has 0 radical (unpaired) electrons. The number of halogens is 2. The Hall–Kier alpha value is -2.40. The minimum Gasteiger partial charge on any atom is -0.377 e. The van der Waals surface area contributed by atoms with Gasteiger partial charge in [0.2, 0.25) is 0 Å². The van der Waals surface area contributed by atoms with Crippen LogP contribution in [0.3, 0.4) is 0 Å². The Balaban J connectivity index is 1.88. The zero-order valence-electron chi connectivity index (χ0n) is 11.8. The van der Waals surface area contributed by atoms with Crippen molar-refractivity contribution >= 4 is 22.9 Å². The molecule has 0 bridgehead atoms. The van der Waals surface area contributed by atoms with Gasteiger partial charge in [0.15, 0.2) is 0 Å². The Labute approximate surface area is 131 Å². The third-order valence-electron chi connectivity index (χ3n) is 3.25. The van der Waals surface area contributed by atoms with Crippen molar-refractivity contribution in [3.63, 3.8) is 0 Å². The third kappa shape index (κ3) is 2.94. The summed E-state index contributed by atoms with van der Waals surface area (Å²) in [7, 11) is 0. The molecule has 0 unspecified atom stereocenters. The van der Waals surface area contributed by atoms with E-state index in [2.05, 4.69) is 10.3 Å². The van der Waals surface area contributed by atoms with Crippen LogP contribution in [0.2, 0.25) is 5.02 Å². The number of nitrogens with zero attached hydrogens (tertiary/aromatic N) is 2. The predicted molar refractivity (Wildman–Crippen MR) is 84.9 cm³/mol. The largest absolute Gasteiger partial charge is 0.377 e. The van der Waals surface area contributed by atoms with Crippen molar-refractivity contribution < 1.29 is 4.39 Å². The van der Waals surface area contributed by atoms with E-state index in [4.69, 9.17) is 11.6 Å².